The first-order chi connectivity index (χ1) is 19.3. The molecule has 39 heavy (non-hydrogen) atoms. The van der Waals surface area contributed by atoms with E-state index in [9.17, 15) is 0 Å². The van der Waals surface area contributed by atoms with Crippen molar-refractivity contribution >= 4 is 0 Å². The molecule has 0 radical (unpaired) electrons. The van der Waals surface area contributed by atoms with Gasteiger partial charge in [0.2, 0.25) is 6.29 Å². The Morgan fingerprint density at radius 2 is 1.08 bits per heavy atom. The molecule has 0 N–H and O–H groups in total. The second-order valence-corrected chi connectivity index (χ2v) is 9.49. The maximum absolute atomic E-state index is 6.51. The molecule has 1 saturated heterocycles. The van der Waals surface area contributed by atoms with E-state index in [1.165, 1.54) is 0 Å². The predicted octanol–water partition coefficient (Wildman–Crippen LogP) is 6.73. The Morgan fingerprint density at radius 3 is 1.64 bits per heavy atom. The van der Waals surface area contributed by atoms with Gasteiger partial charge in [0, 0.05) is 5.57 Å². The average molecular weight is 523 g/mol. The fourth-order valence-electron chi connectivity index (χ4n) is 4.51. The van der Waals surface area contributed by atoms with E-state index in [4.69, 9.17) is 23.7 Å². The summed E-state index contributed by atoms with van der Waals surface area (Å²) in [4.78, 5) is 0. The van der Waals surface area contributed by atoms with Gasteiger partial charge in [0.05, 0.1) is 26.4 Å². The lowest BCUT2D eigenvalue weighted by molar-refractivity contribution is -0.228. The van der Waals surface area contributed by atoms with Gasteiger partial charge >= 0.3 is 0 Å². The largest absolute Gasteiger partial charge is 0.461 e. The highest BCUT2D eigenvalue weighted by molar-refractivity contribution is 5.24. The van der Waals surface area contributed by atoms with Crippen LogP contribution in [0.25, 0.3) is 0 Å². The van der Waals surface area contributed by atoms with Gasteiger partial charge in [-0.25, -0.2) is 0 Å². The van der Waals surface area contributed by atoms with Crippen molar-refractivity contribution < 1.29 is 23.7 Å². The minimum Gasteiger partial charge on any atom is -0.461 e. The number of benzene rings is 4. The van der Waals surface area contributed by atoms with E-state index in [-0.39, 0.29) is 0 Å². The Hall–Kier alpha value is -3.74. The molecule has 5 heteroatoms. The van der Waals surface area contributed by atoms with Gasteiger partial charge in [0.15, 0.2) is 0 Å². The summed E-state index contributed by atoms with van der Waals surface area (Å²) in [6.07, 6.45) is -2.08. The summed E-state index contributed by atoms with van der Waals surface area (Å²) < 4.78 is 31.9. The summed E-state index contributed by atoms with van der Waals surface area (Å²) in [5.74, 6) is 0.693. The van der Waals surface area contributed by atoms with Crippen molar-refractivity contribution in [3.63, 3.8) is 0 Å². The smallest absolute Gasteiger partial charge is 0.225 e. The predicted molar refractivity (Wildman–Crippen MR) is 151 cm³/mol. The van der Waals surface area contributed by atoms with E-state index < -0.39 is 24.6 Å². The summed E-state index contributed by atoms with van der Waals surface area (Å²) in [6, 6.07) is 39.8. The Labute approximate surface area is 230 Å². The molecule has 0 aromatic heterocycles. The minimum absolute atomic E-state index is 0.307. The molecule has 200 valence electrons. The number of hydrogen-bond acceptors (Lipinski definition) is 5. The number of hydrogen-bond donors (Lipinski definition) is 0. The van der Waals surface area contributed by atoms with Gasteiger partial charge in [-0.05, 0) is 28.8 Å². The molecule has 1 aliphatic heterocycles. The van der Waals surface area contributed by atoms with Crippen LogP contribution in [0.4, 0.5) is 0 Å². The quantitative estimate of drug-likeness (QED) is 0.193. The number of ether oxygens (including phenoxy) is 5. The highest BCUT2D eigenvalue weighted by atomic mass is 16.7. The Kier molecular flexibility index (Phi) is 9.55. The number of para-hydroxylation sites is 1. The topological polar surface area (TPSA) is 46.2 Å². The van der Waals surface area contributed by atoms with Crippen LogP contribution in [0, 0.1) is 0 Å². The molecule has 1 aliphatic rings. The van der Waals surface area contributed by atoms with Crippen molar-refractivity contribution in [3.8, 4) is 5.75 Å². The first-order valence-corrected chi connectivity index (χ1v) is 13.2. The Morgan fingerprint density at radius 1 is 0.590 bits per heavy atom. The van der Waals surface area contributed by atoms with Crippen molar-refractivity contribution in [2.75, 3.05) is 6.61 Å². The van der Waals surface area contributed by atoms with Crippen LogP contribution in [-0.4, -0.2) is 31.2 Å². The van der Waals surface area contributed by atoms with Crippen LogP contribution in [0.3, 0.4) is 0 Å². The maximum Gasteiger partial charge on any atom is 0.225 e. The van der Waals surface area contributed by atoms with Crippen LogP contribution in [0.5, 0.6) is 5.75 Å². The molecule has 5 rings (SSSR count). The van der Waals surface area contributed by atoms with Gasteiger partial charge < -0.3 is 23.7 Å². The van der Waals surface area contributed by atoms with Crippen molar-refractivity contribution in [2.24, 2.45) is 0 Å². The third-order valence-electron chi connectivity index (χ3n) is 6.57. The van der Waals surface area contributed by atoms with E-state index in [1.807, 2.05) is 121 Å². The van der Waals surface area contributed by atoms with Crippen molar-refractivity contribution in [2.45, 2.75) is 44.4 Å². The third-order valence-corrected chi connectivity index (χ3v) is 6.57. The number of rotatable bonds is 12. The SMILES string of the molecule is C=C1C(Oc2ccccc2)O[C@H](COCc2ccccc2)[C@H](OCc2ccccc2)[C@@H]1OCc1ccccc1. The van der Waals surface area contributed by atoms with Crippen LogP contribution >= 0.6 is 0 Å². The highest BCUT2D eigenvalue weighted by Gasteiger charge is 2.44. The Balaban J connectivity index is 1.37. The summed E-state index contributed by atoms with van der Waals surface area (Å²) in [5, 5.41) is 0. The van der Waals surface area contributed by atoms with Gasteiger partial charge in [-0.2, -0.15) is 0 Å². The first-order valence-electron chi connectivity index (χ1n) is 13.2. The second-order valence-electron chi connectivity index (χ2n) is 9.49. The summed E-state index contributed by atoms with van der Waals surface area (Å²) in [7, 11) is 0. The monoisotopic (exact) mass is 522 g/mol. The molecule has 0 aliphatic carbocycles. The van der Waals surface area contributed by atoms with E-state index in [2.05, 4.69) is 6.58 Å². The van der Waals surface area contributed by atoms with Gasteiger partial charge in [-0.3, -0.25) is 0 Å². The van der Waals surface area contributed by atoms with Gasteiger partial charge in [0.25, 0.3) is 0 Å². The van der Waals surface area contributed by atoms with E-state index in [0.717, 1.165) is 16.7 Å². The maximum atomic E-state index is 6.51. The average Bonchev–Trinajstić information content (AvgIpc) is 2.99. The molecular weight excluding hydrogens is 488 g/mol. The van der Waals surface area contributed by atoms with Crippen molar-refractivity contribution in [1.29, 1.82) is 0 Å². The molecule has 0 bridgehead atoms. The summed E-state index contributed by atoms with van der Waals surface area (Å²) >= 11 is 0. The Bertz CT molecular complexity index is 1260. The van der Waals surface area contributed by atoms with Crippen LogP contribution in [0.1, 0.15) is 16.7 Å². The molecular formula is C34H34O5. The molecule has 0 amide bonds. The molecule has 1 unspecified atom stereocenters. The normalized spacial score (nSPS) is 21.0. The van der Waals surface area contributed by atoms with Crippen LogP contribution in [0.15, 0.2) is 133 Å². The summed E-state index contributed by atoms with van der Waals surface area (Å²) in [6.45, 7) is 5.95. The molecule has 4 aromatic rings. The first kappa shape index (κ1) is 26.9. The highest BCUT2D eigenvalue weighted by Crippen LogP contribution is 2.32. The van der Waals surface area contributed by atoms with Crippen LogP contribution in [0.2, 0.25) is 0 Å². The fraction of sp³-hybridized carbons (Fsp3) is 0.235. The molecule has 1 heterocycles. The lowest BCUT2D eigenvalue weighted by atomic mass is 9.96. The van der Waals surface area contributed by atoms with Gasteiger partial charge in [-0.15, -0.1) is 0 Å². The minimum atomic E-state index is -0.713. The van der Waals surface area contributed by atoms with Gasteiger partial charge in [0.1, 0.15) is 24.1 Å². The molecule has 0 saturated carbocycles. The second kappa shape index (κ2) is 13.9. The third kappa shape index (κ3) is 7.65. The fourth-order valence-corrected chi connectivity index (χ4v) is 4.51. The van der Waals surface area contributed by atoms with Crippen LogP contribution < -0.4 is 4.74 Å². The van der Waals surface area contributed by atoms with Crippen LogP contribution in [-0.2, 0) is 38.8 Å². The van der Waals surface area contributed by atoms with Crippen molar-refractivity contribution in [3.05, 3.63) is 150 Å². The van der Waals surface area contributed by atoms with Crippen molar-refractivity contribution in [1.82, 2.24) is 0 Å². The molecule has 5 nitrogen and oxygen atoms in total. The standard InChI is InChI=1S/C34H34O5/c1-26-32(36-23-28-16-8-3-9-17-28)33(37-24-29-18-10-4-11-19-29)31(25-35-22-27-14-6-2-7-15-27)39-34(26)38-30-20-12-5-13-21-30/h2-21,31-34H,1,22-25H2/t31-,32-,33+,34?/m1/s1. The van der Waals surface area contributed by atoms with E-state index >= 15 is 0 Å². The van der Waals surface area contributed by atoms with E-state index in [1.54, 1.807) is 0 Å². The molecule has 1 fully saturated rings. The summed E-state index contributed by atoms with van der Waals surface area (Å²) in [5.41, 5.74) is 3.90. The zero-order chi connectivity index (χ0) is 26.7. The molecule has 0 spiro atoms. The lowest BCUT2D eigenvalue weighted by Gasteiger charge is -2.42. The lowest BCUT2D eigenvalue weighted by Crippen LogP contribution is -2.55. The zero-order valence-electron chi connectivity index (χ0n) is 21.9. The molecule has 4 aromatic carbocycles. The van der Waals surface area contributed by atoms with E-state index in [0.29, 0.717) is 37.8 Å². The van der Waals surface area contributed by atoms with Gasteiger partial charge in [-0.1, -0.05) is 116 Å². The molecule has 4 atom stereocenters. The zero-order valence-corrected chi connectivity index (χ0v) is 21.9.